The molecular formula is C11H20N4OS. The smallest absolute Gasteiger partial charge is 0.207 e. The molecular weight excluding hydrogens is 236 g/mol. The first-order valence-electron chi connectivity index (χ1n) is 5.83. The molecule has 2 N–H and O–H groups in total. The fourth-order valence-electron chi connectivity index (χ4n) is 1.53. The Labute approximate surface area is 106 Å². The van der Waals surface area contributed by atoms with Crippen molar-refractivity contribution in [2.45, 2.75) is 19.9 Å². The number of carbonyl (C=O) groups excluding carboxylic acids is 1. The van der Waals surface area contributed by atoms with Crippen LogP contribution in [0.25, 0.3) is 0 Å². The van der Waals surface area contributed by atoms with Crippen LogP contribution in [-0.2, 0) is 11.3 Å². The van der Waals surface area contributed by atoms with E-state index in [1.54, 1.807) is 11.3 Å². The Morgan fingerprint density at radius 2 is 2.35 bits per heavy atom. The summed E-state index contributed by atoms with van der Waals surface area (Å²) in [6.45, 7) is 5.42. The lowest BCUT2D eigenvalue weighted by Gasteiger charge is -2.20. The van der Waals surface area contributed by atoms with E-state index in [4.69, 9.17) is 0 Å². The second-order valence-corrected chi connectivity index (χ2v) is 4.79. The average molecular weight is 256 g/mol. The maximum absolute atomic E-state index is 10.2. The van der Waals surface area contributed by atoms with Crippen LogP contribution in [0.2, 0.25) is 0 Å². The first kappa shape index (κ1) is 13.9. The lowest BCUT2D eigenvalue weighted by Crippen LogP contribution is -2.32. The van der Waals surface area contributed by atoms with E-state index in [1.807, 2.05) is 13.2 Å². The largest absolute Gasteiger partial charge is 0.357 e. The van der Waals surface area contributed by atoms with E-state index in [0.29, 0.717) is 6.54 Å². The molecule has 0 fully saturated rings. The molecule has 96 valence electrons. The predicted molar refractivity (Wildman–Crippen MR) is 71.4 cm³/mol. The fraction of sp³-hybridized carbons (Fsp3) is 0.636. The molecule has 0 saturated carbocycles. The molecule has 6 heteroatoms. The molecule has 0 unspecified atom stereocenters. The van der Waals surface area contributed by atoms with Crippen molar-refractivity contribution >= 4 is 22.9 Å². The summed E-state index contributed by atoms with van der Waals surface area (Å²) in [5, 5.41) is 6.83. The van der Waals surface area contributed by atoms with Gasteiger partial charge in [-0.05, 0) is 13.5 Å². The van der Waals surface area contributed by atoms with E-state index >= 15 is 0 Å². The SMILES string of the molecule is CCCN(CCNC=O)c1ncc(CNC)s1. The molecule has 0 atom stereocenters. The van der Waals surface area contributed by atoms with Crippen LogP contribution in [0.1, 0.15) is 18.2 Å². The lowest BCUT2D eigenvalue weighted by atomic mass is 10.4. The quantitative estimate of drug-likeness (QED) is 0.507. The number of nitrogens with one attached hydrogen (secondary N) is 2. The zero-order valence-electron chi connectivity index (χ0n) is 10.4. The van der Waals surface area contributed by atoms with E-state index in [2.05, 4.69) is 27.4 Å². The standard InChI is InChI=1S/C11H20N4OS/c1-3-5-15(6-4-13-9-16)11-14-8-10(17-11)7-12-2/h8-9,12H,3-7H2,1-2H3,(H,13,16). The van der Waals surface area contributed by atoms with Gasteiger partial charge in [0.25, 0.3) is 0 Å². The maximum atomic E-state index is 10.2. The number of anilines is 1. The Hall–Kier alpha value is -1.14. The average Bonchev–Trinajstić information content (AvgIpc) is 2.77. The Morgan fingerprint density at radius 3 is 3.00 bits per heavy atom. The topological polar surface area (TPSA) is 57.3 Å². The third-order valence-corrected chi connectivity index (χ3v) is 3.32. The number of rotatable bonds is 9. The fourth-order valence-corrected chi connectivity index (χ4v) is 2.50. The zero-order valence-corrected chi connectivity index (χ0v) is 11.2. The van der Waals surface area contributed by atoms with Crippen molar-refractivity contribution in [2.75, 3.05) is 31.6 Å². The van der Waals surface area contributed by atoms with Crippen molar-refractivity contribution in [1.82, 2.24) is 15.6 Å². The third-order valence-electron chi connectivity index (χ3n) is 2.27. The molecule has 1 aromatic heterocycles. The van der Waals surface area contributed by atoms with Crippen molar-refractivity contribution < 1.29 is 4.79 Å². The number of thiazole rings is 1. The molecule has 0 radical (unpaired) electrons. The van der Waals surface area contributed by atoms with Gasteiger partial charge >= 0.3 is 0 Å². The summed E-state index contributed by atoms with van der Waals surface area (Å²) >= 11 is 1.70. The van der Waals surface area contributed by atoms with Crippen LogP contribution in [-0.4, -0.2) is 38.1 Å². The Balaban J connectivity index is 2.57. The van der Waals surface area contributed by atoms with Gasteiger partial charge in [0.1, 0.15) is 0 Å². The lowest BCUT2D eigenvalue weighted by molar-refractivity contribution is -0.109. The molecule has 0 saturated heterocycles. The Kier molecular flexibility index (Phi) is 6.57. The third kappa shape index (κ3) is 4.70. The minimum atomic E-state index is 0.657. The number of nitrogens with zero attached hydrogens (tertiary/aromatic N) is 2. The molecule has 1 amide bonds. The molecule has 5 nitrogen and oxygen atoms in total. The second-order valence-electron chi connectivity index (χ2n) is 3.70. The van der Waals surface area contributed by atoms with Gasteiger partial charge < -0.3 is 15.5 Å². The Morgan fingerprint density at radius 1 is 1.53 bits per heavy atom. The van der Waals surface area contributed by atoms with Gasteiger partial charge in [-0.2, -0.15) is 0 Å². The normalized spacial score (nSPS) is 10.2. The highest BCUT2D eigenvalue weighted by Gasteiger charge is 2.09. The maximum Gasteiger partial charge on any atom is 0.207 e. The number of hydrogen-bond donors (Lipinski definition) is 2. The number of carbonyl (C=O) groups is 1. The van der Waals surface area contributed by atoms with Gasteiger partial charge in [0.15, 0.2) is 5.13 Å². The predicted octanol–water partition coefficient (Wildman–Crippen LogP) is 0.825. The summed E-state index contributed by atoms with van der Waals surface area (Å²) in [5.41, 5.74) is 0. The van der Waals surface area contributed by atoms with Crippen molar-refractivity contribution in [3.63, 3.8) is 0 Å². The molecule has 0 aromatic carbocycles. The van der Waals surface area contributed by atoms with Crippen molar-refractivity contribution in [3.8, 4) is 0 Å². The molecule has 0 aliphatic carbocycles. The summed E-state index contributed by atoms with van der Waals surface area (Å²) in [7, 11) is 1.93. The van der Waals surface area contributed by atoms with Gasteiger partial charge in [-0.15, -0.1) is 11.3 Å². The number of hydrogen-bond acceptors (Lipinski definition) is 5. The van der Waals surface area contributed by atoms with E-state index < -0.39 is 0 Å². The van der Waals surface area contributed by atoms with Crippen LogP contribution >= 0.6 is 11.3 Å². The molecule has 0 bridgehead atoms. The summed E-state index contributed by atoms with van der Waals surface area (Å²) in [5.74, 6) is 0. The van der Waals surface area contributed by atoms with Crippen LogP contribution in [0.5, 0.6) is 0 Å². The van der Waals surface area contributed by atoms with Crippen LogP contribution < -0.4 is 15.5 Å². The summed E-state index contributed by atoms with van der Waals surface area (Å²) in [4.78, 5) is 18.1. The van der Waals surface area contributed by atoms with Crippen LogP contribution in [0, 0.1) is 0 Å². The number of amides is 1. The Bertz CT molecular complexity index is 329. The van der Waals surface area contributed by atoms with Gasteiger partial charge in [-0.3, -0.25) is 4.79 Å². The molecule has 1 rings (SSSR count). The monoisotopic (exact) mass is 256 g/mol. The molecule has 1 heterocycles. The van der Waals surface area contributed by atoms with Crippen molar-refractivity contribution in [1.29, 1.82) is 0 Å². The minimum Gasteiger partial charge on any atom is -0.357 e. The molecule has 0 aliphatic rings. The van der Waals surface area contributed by atoms with Crippen molar-refractivity contribution in [2.24, 2.45) is 0 Å². The van der Waals surface area contributed by atoms with Gasteiger partial charge in [-0.1, -0.05) is 6.92 Å². The highest BCUT2D eigenvalue weighted by molar-refractivity contribution is 7.15. The molecule has 1 aromatic rings. The van der Waals surface area contributed by atoms with E-state index in [9.17, 15) is 4.79 Å². The van der Waals surface area contributed by atoms with E-state index in [0.717, 1.165) is 37.6 Å². The van der Waals surface area contributed by atoms with Gasteiger partial charge in [0, 0.05) is 37.3 Å². The minimum absolute atomic E-state index is 0.657. The van der Waals surface area contributed by atoms with E-state index in [1.165, 1.54) is 4.88 Å². The second kappa shape index (κ2) is 8.03. The van der Waals surface area contributed by atoms with Crippen LogP contribution in [0.3, 0.4) is 0 Å². The summed E-state index contributed by atoms with van der Waals surface area (Å²) < 4.78 is 0. The highest BCUT2D eigenvalue weighted by Crippen LogP contribution is 2.22. The number of aromatic nitrogens is 1. The summed E-state index contributed by atoms with van der Waals surface area (Å²) in [6.07, 6.45) is 3.72. The van der Waals surface area contributed by atoms with Gasteiger partial charge in [0.2, 0.25) is 6.41 Å². The molecule has 0 spiro atoms. The van der Waals surface area contributed by atoms with Crippen molar-refractivity contribution in [3.05, 3.63) is 11.1 Å². The van der Waals surface area contributed by atoms with Gasteiger partial charge in [0.05, 0.1) is 0 Å². The first-order chi connectivity index (χ1) is 8.31. The zero-order chi connectivity index (χ0) is 12.5. The first-order valence-corrected chi connectivity index (χ1v) is 6.64. The molecule has 0 aliphatic heterocycles. The molecule has 17 heavy (non-hydrogen) atoms. The van der Waals surface area contributed by atoms with E-state index in [-0.39, 0.29) is 0 Å². The highest BCUT2D eigenvalue weighted by atomic mass is 32.1. The van der Waals surface area contributed by atoms with Crippen LogP contribution in [0.15, 0.2) is 6.20 Å². The van der Waals surface area contributed by atoms with Gasteiger partial charge in [-0.25, -0.2) is 4.98 Å². The van der Waals surface area contributed by atoms with Crippen LogP contribution in [0.4, 0.5) is 5.13 Å². The summed E-state index contributed by atoms with van der Waals surface area (Å²) in [6, 6.07) is 0.